The zero-order valence-electron chi connectivity index (χ0n) is 16.4. The third-order valence-corrected chi connectivity index (χ3v) is 6.63. The number of para-hydroxylation sites is 1. The number of carbonyl (C=O) groups excluding carboxylic acids is 1. The predicted molar refractivity (Wildman–Crippen MR) is 120 cm³/mol. The predicted octanol–water partition coefficient (Wildman–Crippen LogP) is 4.00. The summed E-state index contributed by atoms with van der Waals surface area (Å²) in [7, 11) is 0. The van der Waals surface area contributed by atoms with Gasteiger partial charge in [0, 0.05) is 11.4 Å². The van der Waals surface area contributed by atoms with Gasteiger partial charge in [-0.15, -0.1) is 11.3 Å². The van der Waals surface area contributed by atoms with Gasteiger partial charge in [0.25, 0.3) is 11.5 Å². The first-order valence-corrected chi connectivity index (χ1v) is 10.7. The van der Waals surface area contributed by atoms with Crippen LogP contribution in [0.3, 0.4) is 0 Å². The minimum absolute atomic E-state index is 0.136. The lowest BCUT2D eigenvalue weighted by molar-refractivity contribution is 0.0966. The van der Waals surface area contributed by atoms with Crippen LogP contribution in [0.25, 0.3) is 21.3 Å². The molecule has 2 aromatic carbocycles. The van der Waals surface area contributed by atoms with Crippen LogP contribution in [0.5, 0.6) is 0 Å². The molecule has 4 aromatic rings. The Balaban J connectivity index is 1.42. The number of anilines is 1. The van der Waals surface area contributed by atoms with E-state index in [0.717, 1.165) is 17.7 Å². The number of nitrogens with one attached hydrogen (secondary N) is 2. The van der Waals surface area contributed by atoms with E-state index < -0.39 is 0 Å². The molecule has 7 heteroatoms. The molecule has 30 heavy (non-hydrogen) atoms. The highest BCUT2D eigenvalue weighted by Gasteiger charge is 2.21. The summed E-state index contributed by atoms with van der Waals surface area (Å²) in [6.07, 6.45) is 1.92. The molecule has 1 amide bonds. The lowest BCUT2D eigenvalue weighted by Gasteiger charge is -2.15. The molecular formula is C23H20N4O2S. The van der Waals surface area contributed by atoms with Crippen molar-refractivity contribution in [3.63, 3.8) is 0 Å². The number of benzene rings is 2. The van der Waals surface area contributed by atoms with Gasteiger partial charge in [-0.25, -0.2) is 4.98 Å². The monoisotopic (exact) mass is 416 g/mol. The van der Waals surface area contributed by atoms with E-state index in [1.54, 1.807) is 12.1 Å². The number of hydrazine groups is 1. The fourth-order valence-corrected chi connectivity index (χ4v) is 5.08. The molecule has 0 bridgehead atoms. The van der Waals surface area contributed by atoms with Crippen LogP contribution in [0, 0.1) is 0 Å². The van der Waals surface area contributed by atoms with Crippen LogP contribution in [0.1, 0.15) is 27.7 Å². The molecular weight excluding hydrogens is 396 g/mol. The Bertz CT molecular complexity index is 1340. The standard InChI is InChI=1S/C23H20N4O2S/c1-2-27-22(29)17-9-5-6-10-18(17)24-23(27)26-25-21(28)19-13-15-12-11-14-7-3-4-8-16(14)20(15)30-19/h3-10,13H,2,11-12H2,1H3,(H,24,26)(H,25,28). The van der Waals surface area contributed by atoms with Gasteiger partial charge in [-0.3, -0.25) is 25.0 Å². The van der Waals surface area contributed by atoms with Crippen LogP contribution in [-0.2, 0) is 19.4 Å². The highest BCUT2D eigenvalue weighted by molar-refractivity contribution is 7.17. The number of rotatable bonds is 4. The second-order valence-corrected chi connectivity index (χ2v) is 8.26. The first-order chi connectivity index (χ1) is 14.7. The molecule has 0 unspecified atom stereocenters. The van der Waals surface area contributed by atoms with Gasteiger partial charge in [0.1, 0.15) is 0 Å². The lowest BCUT2D eigenvalue weighted by Crippen LogP contribution is -2.34. The summed E-state index contributed by atoms with van der Waals surface area (Å²) in [5.74, 6) is 0.0816. The number of hydrogen-bond donors (Lipinski definition) is 2. The topological polar surface area (TPSA) is 76.0 Å². The largest absolute Gasteiger partial charge is 0.279 e. The van der Waals surface area contributed by atoms with E-state index in [1.807, 2.05) is 31.2 Å². The zero-order valence-corrected chi connectivity index (χ0v) is 17.3. The number of nitrogens with zero attached hydrogens (tertiary/aromatic N) is 2. The molecule has 1 aliphatic rings. The van der Waals surface area contributed by atoms with Crippen molar-refractivity contribution < 1.29 is 4.79 Å². The van der Waals surface area contributed by atoms with Gasteiger partial charge in [-0.2, -0.15) is 0 Å². The van der Waals surface area contributed by atoms with Gasteiger partial charge >= 0.3 is 0 Å². The smallest absolute Gasteiger partial charge is 0.277 e. The molecule has 2 aromatic heterocycles. The fourth-order valence-electron chi connectivity index (χ4n) is 3.91. The first-order valence-electron chi connectivity index (χ1n) is 9.92. The number of carbonyl (C=O) groups is 1. The van der Waals surface area contributed by atoms with Gasteiger partial charge in [0.15, 0.2) is 0 Å². The summed E-state index contributed by atoms with van der Waals surface area (Å²) in [6, 6.07) is 17.5. The number of thiophene rings is 1. The number of hydrogen-bond acceptors (Lipinski definition) is 5. The van der Waals surface area contributed by atoms with Crippen LogP contribution in [0.15, 0.2) is 59.4 Å². The van der Waals surface area contributed by atoms with E-state index >= 15 is 0 Å². The Kier molecular flexibility index (Phi) is 4.59. The summed E-state index contributed by atoms with van der Waals surface area (Å²) in [4.78, 5) is 31.8. The SMILES string of the molecule is CCn1c(NNC(=O)c2cc3c(s2)-c2ccccc2CC3)nc2ccccc2c1=O. The van der Waals surface area contributed by atoms with Crippen molar-refractivity contribution >= 4 is 34.1 Å². The molecule has 0 atom stereocenters. The lowest BCUT2D eigenvalue weighted by atomic mass is 9.91. The van der Waals surface area contributed by atoms with E-state index in [4.69, 9.17) is 0 Å². The Hall–Kier alpha value is -3.45. The van der Waals surface area contributed by atoms with Crippen molar-refractivity contribution in [1.82, 2.24) is 15.0 Å². The average Bonchev–Trinajstić information content (AvgIpc) is 3.23. The summed E-state index contributed by atoms with van der Waals surface area (Å²) >= 11 is 1.50. The van der Waals surface area contributed by atoms with E-state index in [0.29, 0.717) is 28.3 Å². The maximum absolute atomic E-state index is 12.8. The van der Waals surface area contributed by atoms with Crippen molar-refractivity contribution in [2.75, 3.05) is 5.43 Å². The van der Waals surface area contributed by atoms with Crippen molar-refractivity contribution in [2.45, 2.75) is 26.3 Å². The molecule has 0 spiro atoms. The number of amides is 1. The van der Waals surface area contributed by atoms with E-state index in [1.165, 1.54) is 32.6 Å². The minimum atomic E-state index is -0.239. The third kappa shape index (κ3) is 3.07. The molecule has 150 valence electrons. The van der Waals surface area contributed by atoms with Gasteiger partial charge in [0.05, 0.1) is 15.8 Å². The van der Waals surface area contributed by atoms with E-state index in [2.05, 4.69) is 34.0 Å². The highest BCUT2D eigenvalue weighted by atomic mass is 32.1. The Morgan fingerprint density at radius 2 is 1.87 bits per heavy atom. The molecule has 1 aliphatic carbocycles. The van der Waals surface area contributed by atoms with Gasteiger partial charge in [-0.1, -0.05) is 36.4 Å². The van der Waals surface area contributed by atoms with Crippen molar-refractivity contribution in [3.05, 3.63) is 81.0 Å². The summed E-state index contributed by atoms with van der Waals surface area (Å²) in [5.41, 5.74) is 9.77. The normalized spacial score (nSPS) is 12.3. The second-order valence-electron chi connectivity index (χ2n) is 7.20. The first kappa shape index (κ1) is 18.6. The third-order valence-electron chi connectivity index (χ3n) is 5.42. The quantitative estimate of drug-likeness (QED) is 0.493. The number of aromatic nitrogens is 2. The van der Waals surface area contributed by atoms with Crippen LogP contribution < -0.4 is 16.4 Å². The Morgan fingerprint density at radius 3 is 2.73 bits per heavy atom. The zero-order chi connectivity index (χ0) is 20.7. The van der Waals surface area contributed by atoms with Gasteiger partial charge in [-0.05, 0) is 54.7 Å². The molecule has 0 radical (unpaired) electrons. The van der Waals surface area contributed by atoms with Gasteiger partial charge < -0.3 is 0 Å². The maximum atomic E-state index is 12.8. The maximum Gasteiger partial charge on any atom is 0.279 e. The van der Waals surface area contributed by atoms with Crippen LogP contribution in [0.2, 0.25) is 0 Å². The van der Waals surface area contributed by atoms with Crippen LogP contribution in [-0.4, -0.2) is 15.5 Å². The Morgan fingerprint density at radius 1 is 1.10 bits per heavy atom. The Labute approximate surface area is 177 Å². The molecule has 0 aliphatic heterocycles. The highest BCUT2D eigenvalue weighted by Crippen LogP contribution is 2.39. The van der Waals surface area contributed by atoms with Crippen molar-refractivity contribution in [2.24, 2.45) is 0 Å². The van der Waals surface area contributed by atoms with E-state index in [9.17, 15) is 9.59 Å². The second kappa shape index (κ2) is 7.42. The fraction of sp³-hybridized carbons (Fsp3) is 0.174. The minimum Gasteiger partial charge on any atom is -0.277 e. The van der Waals surface area contributed by atoms with Crippen molar-refractivity contribution in [1.29, 1.82) is 0 Å². The van der Waals surface area contributed by atoms with Gasteiger partial charge in [0.2, 0.25) is 5.95 Å². The van der Waals surface area contributed by atoms with Crippen LogP contribution >= 0.6 is 11.3 Å². The number of fused-ring (bicyclic) bond motifs is 4. The molecule has 5 rings (SSSR count). The molecule has 6 nitrogen and oxygen atoms in total. The summed E-state index contributed by atoms with van der Waals surface area (Å²) in [6.45, 7) is 2.31. The molecule has 0 saturated carbocycles. The van der Waals surface area contributed by atoms with Crippen molar-refractivity contribution in [3.8, 4) is 10.4 Å². The molecule has 0 saturated heterocycles. The number of aryl methyl sites for hydroxylation is 2. The molecule has 2 N–H and O–H groups in total. The average molecular weight is 417 g/mol. The van der Waals surface area contributed by atoms with Crippen LogP contribution in [0.4, 0.5) is 5.95 Å². The molecule has 0 fully saturated rings. The molecule has 2 heterocycles. The summed E-state index contributed by atoms with van der Waals surface area (Å²) < 4.78 is 1.51. The van der Waals surface area contributed by atoms with E-state index in [-0.39, 0.29) is 11.5 Å². The summed E-state index contributed by atoms with van der Waals surface area (Å²) in [5, 5.41) is 0.556.